The van der Waals surface area contributed by atoms with Crippen LogP contribution in [-0.2, 0) is 6.54 Å². The standard InChI is InChI=1S/C16H24BrN3O/c1-3-20-10-12(17)8-15(20)16(21)18-9-11-6-13-4-5-14(7-11)19(13)2/h8,10-11,13-14H,3-7,9H2,1-2H3,(H,18,21). The van der Waals surface area contributed by atoms with Crippen LogP contribution < -0.4 is 5.32 Å². The molecule has 4 nitrogen and oxygen atoms in total. The summed E-state index contributed by atoms with van der Waals surface area (Å²) in [6, 6.07) is 3.37. The maximum absolute atomic E-state index is 12.4. The van der Waals surface area contributed by atoms with Gasteiger partial charge in [-0.05, 0) is 67.6 Å². The summed E-state index contributed by atoms with van der Waals surface area (Å²) in [6.45, 7) is 3.68. The smallest absolute Gasteiger partial charge is 0.267 e. The number of carbonyl (C=O) groups is 1. The van der Waals surface area contributed by atoms with Crippen LogP contribution in [0.2, 0.25) is 0 Å². The molecule has 21 heavy (non-hydrogen) atoms. The Morgan fingerprint density at radius 3 is 2.67 bits per heavy atom. The highest BCUT2D eigenvalue weighted by Gasteiger charge is 2.38. The van der Waals surface area contributed by atoms with Crippen molar-refractivity contribution in [3.63, 3.8) is 0 Å². The molecule has 3 rings (SSSR count). The van der Waals surface area contributed by atoms with Crippen LogP contribution in [0.3, 0.4) is 0 Å². The quantitative estimate of drug-likeness (QED) is 0.903. The molecule has 1 aromatic rings. The summed E-state index contributed by atoms with van der Waals surface area (Å²) in [5, 5.41) is 3.14. The molecule has 3 heterocycles. The van der Waals surface area contributed by atoms with E-state index < -0.39 is 0 Å². The first kappa shape index (κ1) is 15.1. The first-order valence-electron chi connectivity index (χ1n) is 7.94. The summed E-state index contributed by atoms with van der Waals surface area (Å²) in [7, 11) is 2.25. The SMILES string of the molecule is CCn1cc(Br)cc1C(=O)NCC1CC2CCC(C1)N2C. The van der Waals surface area contributed by atoms with Crippen LogP contribution in [0.4, 0.5) is 0 Å². The Kier molecular flexibility index (Phi) is 4.41. The van der Waals surface area contributed by atoms with E-state index >= 15 is 0 Å². The van der Waals surface area contributed by atoms with Gasteiger partial charge in [0.05, 0.1) is 0 Å². The van der Waals surface area contributed by atoms with E-state index in [2.05, 4.69) is 40.1 Å². The topological polar surface area (TPSA) is 37.3 Å². The Hall–Kier alpha value is -0.810. The Bertz CT molecular complexity index is 514. The van der Waals surface area contributed by atoms with Crippen molar-refractivity contribution in [1.82, 2.24) is 14.8 Å². The molecule has 2 bridgehead atoms. The number of aromatic nitrogens is 1. The summed E-state index contributed by atoms with van der Waals surface area (Å²) >= 11 is 3.44. The number of hydrogen-bond acceptors (Lipinski definition) is 2. The largest absolute Gasteiger partial charge is 0.350 e. The zero-order valence-electron chi connectivity index (χ0n) is 12.8. The van der Waals surface area contributed by atoms with Crippen molar-refractivity contribution in [1.29, 1.82) is 0 Å². The molecule has 0 spiro atoms. The second-order valence-electron chi connectivity index (χ2n) is 6.43. The van der Waals surface area contributed by atoms with E-state index in [-0.39, 0.29) is 5.91 Å². The molecule has 2 aliphatic heterocycles. The van der Waals surface area contributed by atoms with Crippen molar-refractivity contribution in [3.05, 3.63) is 22.4 Å². The Labute approximate surface area is 135 Å². The molecule has 2 aliphatic rings. The molecule has 5 heteroatoms. The van der Waals surface area contributed by atoms with Crippen molar-refractivity contribution in [3.8, 4) is 0 Å². The van der Waals surface area contributed by atoms with Crippen LogP contribution in [0.25, 0.3) is 0 Å². The first-order chi connectivity index (χ1) is 10.1. The number of nitrogens with zero attached hydrogens (tertiary/aromatic N) is 2. The Morgan fingerprint density at radius 2 is 2.05 bits per heavy atom. The predicted octanol–water partition coefficient (Wildman–Crippen LogP) is 2.87. The molecule has 2 fully saturated rings. The number of fused-ring (bicyclic) bond motifs is 2. The van der Waals surface area contributed by atoms with E-state index in [1.54, 1.807) is 0 Å². The summed E-state index contributed by atoms with van der Waals surface area (Å²) in [5.74, 6) is 0.685. The first-order valence-corrected chi connectivity index (χ1v) is 8.73. The second kappa shape index (κ2) is 6.13. The van der Waals surface area contributed by atoms with Crippen LogP contribution in [0.15, 0.2) is 16.7 Å². The van der Waals surface area contributed by atoms with Gasteiger partial charge in [-0.25, -0.2) is 0 Å². The molecule has 116 valence electrons. The number of carbonyl (C=O) groups excluding carboxylic acids is 1. The number of aryl methyl sites for hydroxylation is 1. The number of amides is 1. The average Bonchev–Trinajstić information content (AvgIpc) is 2.92. The average molecular weight is 354 g/mol. The van der Waals surface area contributed by atoms with E-state index in [1.165, 1.54) is 25.7 Å². The monoisotopic (exact) mass is 353 g/mol. The minimum absolute atomic E-state index is 0.0498. The van der Waals surface area contributed by atoms with Gasteiger partial charge in [0.25, 0.3) is 5.91 Å². The summed E-state index contributed by atoms with van der Waals surface area (Å²) < 4.78 is 2.95. The number of rotatable bonds is 4. The molecule has 0 aliphatic carbocycles. The minimum atomic E-state index is 0.0498. The highest BCUT2D eigenvalue weighted by atomic mass is 79.9. The van der Waals surface area contributed by atoms with Crippen LogP contribution in [0, 0.1) is 5.92 Å². The maximum atomic E-state index is 12.4. The van der Waals surface area contributed by atoms with Gasteiger partial charge in [-0.1, -0.05) is 0 Å². The molecule has 1 aromatic heterocycles. The second-order valence-corrected chi connectivity index (χ2v) is 7.34. The van der Waals surface area contributed by atoms with Crippen molar-refractivity contribution >= 4 is 21.8 Å². The van der Waals surface area contributed by atoms with Gasteiger partial charge in [-0.15, -0.1) is 0 Å². The highest BCUT2D eigenvalue weighted by Crippen LogP contribution is 2.37. The number of hydrogen-bond donors (Lipinski definition) is 1. The summed E-state index contributed by atoms with van der Waals surface area (Å²) in [5.41, 5.74) is 0.750. The van der Waals surface area contributed by atoms with Gasteiger partial charge in [0.1, 0.15) is 5.69 Å². The van der Waals surface area contributed by atoms with E-state index in [9.17, 15) is 4.79 Å². The van der Waals surface area contributed by atoms with Gasteiger partial charge in [0, 0.05) is 35.8 Å². The van der Waals surface area contributed by atoms with E-state index in [0.717, 1.165) is 35.3 Å². The van der Waals surface area contributed by atoms with Crippen molar-refractivity contribution in [2.45, 2.75) is 51.2 Å². The molecule has 2 saturated heterocycles. The summed E-state index contributed by atoms with van der Waals surface area (Å²) in [6.07, 6.45) is 7.08. The fourth-order valence-electron chi connectivity index (χ4n) is 3.95. The Balaban J connectivity index is 1.57. The van der Waals surface area contributed by atoms with Crippen molar-refractivity contribution in [2.75, 3.05) is 13.6 Å². The lowest BCUT2D eigenvalue weighted by Crippen LogP contribution is -2.43. The van der Waals surface area contributed by atoms with E-state index in [4.69, 9.17) is 0 Å². The molecular formula is C16H24BrN3O. The molecule has 0 radical (unpaired) electrons. The molecular weight excluding hydrogens is 330 g/mol. The molecule has 1 N–H and O–H groups in total. The van der Waals surface area contributed by atoms with E-state index in [1.807, 2.05) is 16.8 Å². The van der Waals surface area contributed by atoms with Crippen molar-refractivity contribution in [2.24, 2.45) is 5.92 Å². The van der Waals surface area contributed by atoms with Crippen LogP contribution >= 0.6 is 15.9 Å². The van der Waals surface area contributed by atoms with Gasteiger partial charge in [-0.3, -0.25) is 4.79 Å². The zero-order valence-corrected chi connectivity index (χ0v) is 14.4. The predicted molar refractivity (Wildman–Crippen MR) is 87.4 cm³/mol. The molecule has 2 unspecified atom stereocenters. The van der Waals surface area contributed by atoms with Gasteiger partial charge >= 0.3 is 0 Å². The fraction of sp³-hybridized carbons (Fsp3) is 0.688. The zero-order chi connectivity index (χ0) is 15.0. The van der Waals surface area contributed by atoms with Crippen LogP contribution in [0.5, 0.6) is 0 Å². The van der Waals surface area contributed by atoms with Gasteiger partial charge in [0.2, 0.25) is 0 Å². The van der Waals surface area contributed by atoms with Gasteiger partial charge < -0.3 is 14.8 Å². The van der Waals surface area contributed by atoms with Gasteiger partial charge in [-0.2, -0.15) is 0 Å². The molecule has 0 aromatic carbocycles. The maximum Gasteiger partial charge on any atom is 0.267 e. The highest BCUT2D eigenvalue weighted by molar-refractivity contribution is 9.10. The third-order valence-corrected chi connectivity index (χ3v) is 5.62. The lowest BCUT2D eigenvalue weighted by Gasteiger charge is -2.36. The number of nitrogens with one attached hydrogen (secondary N) is 1. The Morgan fingerprint density at radius 1 is 1.38 bits per heavy atom. The third-order valence-electron chi connectivity index (χ3n) is 5.18. The van der Waals surface area contributed by atoms with Crippen LogP contribution in [0.1, 0.15) is 43.1 Å². The van der Waals surface area contributed by atoms with E-state index in [0.29, 0.717) is 5.92 Å². The van der Waals surface area contributed by atoms with Crippen molar-refractivity contribution < 1.29 is 4.79 Å². The lowest BCUT2D eigenvalue weighted by molar-refractivity contribution is 0.0908. The van der Waals surface area contributed by atoms with Crippen LogP contribution in [-0.4, -0.2) is 41.1 Å². The minimum Gasteiger partial charge on any atom is -0.350 e. The van der Waals surface area contributed by atoms with Gasteiger partial charge in [0.15, 0.2) is 0 Å². The molecule has 2 atom stereocenters. The number of piperidine rings is 1. The molecule has 0 saturated carbocycles. The normalized spacial score (nSPS) is 28.8. The number of halogens is 1. The lowest BCUT2D eigenvalue weighted by atomic mass is 9.91. The summed E-state index contributed by atoms with van der Waals surface area (Å²) in [4.78, 5) is 14.9. The molecule has 1 amide bonds. The third kappa shape index (κ3) is 3.04. The fourth-order valence-corrected chi connectivity index (χ4v) is 4.41.